The van der Waals surface area contributed by atoms with E-state index < -0.39 is 26.8 Å². The van der Waals surface area contributed by atoms with E-state index in [1.165, 1.54) is 0 Å². The first-order valence-electron chi connectivity index (χ1n) is 7.72. The SMILES string of the molecule is O=C(O)C1(NS(=O)(=O)C2CCCCC2)CCCCCC1. The van der Waals surface area contributed by atoms with Crippen molar-refractivity contribution in [1.29, 1.82) is 0 Å². The fourth-order valence-corrected chi connectivity index (χ4v) is 5.38. The number of carbonyl (C=O) groups is 1. The van der Waals surface area contributed by atoms with E-state index in [9.17, 15) is 18.3 Å². The molecule has 0 aromatic rings. The van der Waals surface area contributed by atoms with Gasteiger partial charge in [-0.1, -0.05) is 44.9 Å². The lowest BCUT2D eigenvalue weighted by Crippen LogP contribution is -2.56. The van der Waals surface area contributed by atoms with Gasteiger partial charge in [0.2, 0.25) is 10.0 Å². The van der Waals surface area contributed by atoms with E-state index in [-0.39, 0.29) is 0 Å². The number of hydrogen-bond acceptors (Lipinski definition) is 3. The Bertz CT molecular complexity index is 432. The Hall–Kier alpha value is -0.620. The molecule has 2 fully saturated rings. The van der Waals surface area contributed by atoms with Crippen LogP contribution in [0, 0.1) is 0 Å². The molecule has 116 valence electrons. The zero-order valence-electron chi connectivity index (χ0n) is 11.9. The Morgan fingerprint density at radius 3 is 1.95 bits per heavy atom. The number of rotatable bonds is 4. The second-order valence-corrected chi connectivity index (χ2v) is 8.17. The Balaban J connectivity index is 2.16. The first kappa shape index (κ1) is 15.8. The topological polar surface area (TPSA) is 83.5 Å². The highest BCUT2D eigenvalue weighted by molar-refractivity contribution is 7.90. The van der Waals surface area contributed by atoms with Crippen LogP contribution in [0.1, 0.15) is 70.6 Å². The highest BCUT2D eigenvalue weighted by Crippen LogP contribution is 2.31. The molecule has 2 saturated carbocycles. The maximum absolute atomic E-state index is 12.5. The molecule has 2 aliphatic carbocycles. The third-order valence-corrected chi connectivity index (χ3v) is 6.72. The van der Waals surface area contributed by atoms with Crippen LogP contribution < -0.4 is 4.72 Å². The van der Waals surface area contributed by atoms with Gasteiger partial charge in [-0.3, -0.25) is 4.79 Å². The summed E-state index contributed by atoms with van der Waals surface area (Å²) in [7, 11) is -3.53. The van der Waals surface area contributed by atoms with Crippen molar-refractivity contribution in [1.82, 2.24) is 4.72 Å². The summed E-state index contributed by atoms with van der Waals surface area (Å²) < 4.78 is 27.6. The maximum atomic E-state index is 12.5. The van der Waals surface area contributed by atoms with Crippen molar-refractivity contribution in [2.45, 2.75) is 81.4 Å². The highest BCUT2D eigenvalue weighted by atomic mass is 32.2. The van der Waals surface area contributed by atoms with Gasteiger partial charge in [0.05, 0.1) is 5.25 Å². The molecule has 0 heterocycles. The molecular formula is C14H25NO4S. The van der Waals surface area contributed by atoms with E-state index in [1.54, 1.807) is 0 Å². The molecule has 0 amide bonds. The van der Waals surface area contributed by atoms with Gasteiger partial charge < -0.3 is 5.11 Å². The van der Waals surface area contributed by atoms with Crippen LogP contribution >= 0.6 is 0 Å². The van der Waals surface area contributed by atoms with E-state index in [1.807, 2.05) is 0 Å². The Kier molecular flexibility index (Phi) is 5.07. The smallest absolute Gasteiger partial charge is 0.324 e. The van der Waals surface area contributed by atoms with Gasteiger partial charge in [-0.25, -0.2) is 8.42 Å². The molecule has 0 aliphatic heterocycles. The largest absolute Gasteiger partial charge is 0.480 e. The summed E-state index contributed by atoms with van der Waals surface area (Å²) in [6.07, 6.45) is 8.59. The van der Waals surface area contributed by atoms with Crippen molar-refractivity contribution in [3.8, 4) is 0 Å². The third kappa shape index (κ3) is 3.52. The fraction of sp³-hybridized carbons (Fsp3) is 0.929. The van der Waals surface area contributed by atoms with Gasteiger partial charge in [0.1, 0.15) is 5.54 Å². The Morgan fingerprint density at radius 2 is 1.45 bits per heavy atom. The highest BCUT2D eigenvalue weighted by Gasteiger charge is 2.44. The molecule has 20 heavy (non-hydrogen) atoms. The van der Waals surface area contributed by atoms with Gasteiger partial charge in [0.15, 0.2) is 0 Å². The summed E-state index contributed by atoms with van der Waals surface area (Å²) in [5, 5.41) is 9.14. The first-order chi connectivity index (χ1) is 9.46. The quantitative estimate of drug-likeness (QED) is 0.781. The standard InChI is InChI=1S/C14H25NO4S/c16-13(17)14(10-6-1-2-7-11-14)15-20(18,19)12-8-4-3-5-9-12/h12,15H,1-11H2,(H,16,17). The van der Waals surface area contributed by atoms with Gasteiger partial charge in [-0.05, 0) is 25.7 Å². The monoisotopic (exact) mass is 303 g/mol. The molecule has 5 nitrogen and oxygen atoms in total. The molecule has 0 aromatic heterocycles. The van der Waals surface area contributed by atoms with Crippen LogP contribution in [0.2, 0.25) is 0 Å². The molecule has 0 bridgehead atoms. The number of nitrogens with one attached hydrogen (secondary N) is 1. The number of sulfonamides is 1. The van der Waals surface area contributed by atoms with Gasteiger partial charge in [0.25, 0.3) is 0 Å². The summed E-state index contributed by atoms with van der Waals surface area (Å²) in [6.45, 7) is 0. The minimum Gasteiger partial charge on any atom is -0.480 e. The van der Waals surface area contributed by atoms with Crippen LogP contribution in [-0.2, 0) is 14.8 Å². The lowest BCUT2D eigenvalue weighted by Gasteiger charge is -2.32. The predicted molar refractivity (Wildman–Crippen MR) is 77.0 cm³/mol. The van der Waals surface area contributed by atoms with E-state index >= 15 is 0 Å². The van der Waals surface area contributed by atoms with E-state index in [0.29, 0.717) is 25.7 Å². The molecule has 0 radical (unpaired) electrons. The molecule has 0 saturated heterocycles. The Morgan fingerprint density at radius 1 is 0.950 bits per heavy atom. The van der Waals surface area contributed by atoms with Crippen LogP contribution in [0.4, 0.5) is 0 Å². The van der Waals surface area contributed by atoms with Crippen molar-refractivity contribution in [3.05, 3.63) is 0 Å². The molecule has 2 aliphatic rings. The number of aliphatic carboxylic acids is 1. The minimum atomic E-state index is -3.53. The van der Waals surface area contributed by atoms with Crippen LogP contribution in [-0.4, -0.2) is 30.3 Å². The van der Waals surface area contributed by atoms with Crippen LogP contribution in [0.25, 0.3) is 0 Å². The minimum absolute atomic E-state index is 0.407. The molecule has 0 unspecified atom stereocenters. The van der Waals surface area contributed by atoms with E-state index in [0.717, 1.165) is 44.9 Å². The summed E-state index contributed by atoms with van der Waals surface area (Å²) >= 11 is 0. The number of carboxylic acid groups (broad SMARTS) is 1. The zero-order chi connectivity index (χ0) is 14.6. The van der Waals surface area contributed by atoms with Crippen LogP contribution in [0.15, 0.2) is 0 Å². The zero-order valence-corrected chi connectivity index (χ0v) is 12.8. The van der Waals surface area contributed by atoms with Crippen molar-refractivity contribution in [3.63, 3.8) is 0 Å². The van der Waals surface area contributed by atoms with Gasteiger partial charge in [-0.15, -0.1) is 0 Å². The molecule has 2 N–H and O–H groups in total. The molecule has 6 heteroatoms. The second kappa shape index (κ2) is 6.43. The summed E-state index contributed by atoms with van der Waals surface area (Å²) in [6, 6.07) is 0. The Labute approximate surface area is 121 Å². The van der Waals surface area contributed by atoms with Crippen LogP contribution in [0.5, 0.6) is 0 Å². The lowest BCUT2D eigenvalue weighted by molar-refractivity contribution is -0.144. The van der Waals surface area contributed by atoms with Gasteiger partial charge in [-0.2, -0.15) is 4.72 Å². The molecule has 0 aromatic carbocycles. The summed E-state index contributed by atoms with van der Waals surface area (Å²) in [5.41, 5.74) is -1.27. The first-order valence-corrected chi connectivity index (χ1v) is 9.27. The molecular weight excluding hydrogens is 278 g/mol. The van der Waals surface area contributed by atoms with Crippen molar-refractivity contribution < 1.29 is 18.3 Å². The van der Waals surface area contributed by atoms with E-state index in [2.05, 4.69) is 4.72 Å². The number of carboxylic acids is 1. The fourth-order valence-electron chi connectivity index (χ4n) is 3.42. The number of hydrogen-bond donors (Lipinski definition) is 2. The van der Waals surface area contributed by atoms with Gasteiger partial charge in [0, 0.05) is 0 Å². The van der Waals surface area contributed by atoms with Crippen LogP contribution in [0.3, 0.4) is 0 Å². The third-order valence-electron chi connectivity index (χ3n) is 4.70. The average Bonchev–Trinajstić information content (AvgIpc) is 2.66. The van der Waals surface area contributed by atoms with Crippen molar-refractivity contribution in [2.24, 2.45) is 0 Å². The second-order valence-electron chi connectivity index (χ2n) is 6.21. The molecule has 0 spiro atoms. The van der Waals surface area contributed by atoms with Gasteiger partial charge >= 0.3 is 5.97 Å². The summed E-state index contributed by atoms with van der Waals surface area (Å²) in [4.78, 5) is 11.7. The van der Waals surface area contributed by atoms with E-state index in [4.69, 9.17) is 0 Å². The van der Waals surface area contributed by atoms with Crippen molar-refractivity contribution >= 4 is 16.0 Å². The lowest BCUT2D eigenvalue weighted by atomic mass is 9.92. The average molecular weight is 303 g/mol. The molecule has 0 atom stereocenters. The predicted octanol–water partition coefficient (Wildman–Crippen LogP) is 2.42. The molecule has 2 rings (SSSR count). The maximum Gasteiger partial charge on any atom is 0.324 e. The summed E-state index contributed by atoms with van der Waals surface area (Å²) in [5.74, 6) is -1.02. The normalized spacial score (nSPS) is 25.0. The van der Waals surface area contributed by atoms with Crippen molar-refractivity contribution in [2.75, 3.05) is 0 Å².